The van der Waals surface area contributed by atoms with E-state index in [0.717, 1.165) is 30.7 Å². The Hall–Kier alpha value is -3.10. The minimum atomic E-state index is -0.420. The second kappa shape index (κ2) is 9.60. The number of carbonyl (C=O) groups is 1. The molecule has 0 aliphatic carbocycles. The van der Waals surface area contributed by atoms with Crippen molar-refractivity contribution in [1.82, 2.24) is 25.3 Å². The highest BCUT2D eigenvalue weighted by Gasteiger charge is 2.32. The molecule has 0 bridgehead atoms. The number of ether oxygens (including phenoxy) is 1. The summed E-state index contributed by atoms with van der Waals surface area (Å²) in [6, 6.07) is 14.5. The van der Waals surface area contributed by atoms with Crippen molar-refractivity contribution < 1.29 is 14.6 Å². The van der Waals surface area contributed by atoms with Crippen LogP contribution >= 0.6 is 0 Å². The summed E-state index contributed by atoms with van der Waals surface area (Å²) in [6.45, 7) is 0.521. The summed E-state index contributed by atoms with van der Waals surface area (Å²) < 4.78 is 7.84. The third-order valence-corrected chi connectivity index (χ3v) is 5.29. The maximum Gasteiger partial charge on any atom is 0.251 e. The standard InChI is InChI=1S/C22H25N5O3/c28-15-21-19(24-22(29)16-6-2-1-3-7-16)10-9-17(30-21)11-13-27-14-20(25-26-27)18-8-4-5-12-23-18/h1-8,12,14,17,19,21,28H,9-11,13,15H2,(H,24,29)/t17-,19-,21+/m0/s1. The van der Waals surface area contributed by atoms with Gasteiger partial charge in [0.25, 0.3) is 5.91 Å². The van der Waals surface area contributed by atoms with Crippen LogP contribution in [0.5, 0.6) is 0 Å². The quantitative estimate of drug-likeness (QED) is 0.622. The molecule has 1 fully saturated rings. The van der Waals surface area contributed by atoms with Crippen LogP contribution in [0.3, 0.4) is 0 Å². The Morgan fingerprint density at radius 1 is 1.13 bits per heavy atom. The lowest BCUT2D eigenvalue weighted by Crippen LogP contribution is -2.51. The third kappa shape index (κ3) is 4.90. The molecule has 2 aromatic heterocycles. The van der Waals surface area contributed by atoms with E-state index in [0.29, 0.717) is 12.1 Å². The molecule has 30 heavy (non-hydrogen) atoms. The minimum Gasteiger partial charge on any atom is -0.394 e. The molecule has 3 atom stereocenters. The molecule has 1 aliphatic rings. The Balaban J connectivity index is 1.29. The molecule has 8 nitrogen and oxygen atoms in total. The molecule has 2 N–H and O–H groups in total. The number of aromatic nitrogens is 4. The second-order valence-electron chi connectivity index (χ2n) is 7.37. The van der Waals surface area contributed by atoms with E-state index in [1.165, 1.54) is 0 Å². The summed E-state index contributed by atoms with van der Waals surface area (Å²) in [5.41, 5.74) is 2.12. The zero-order chi connectivity index (χ0) is 20.8. The van der Waals surface area contributed by atoms with Crippen LogP contribution in [0, 0.1) is 0 Å². The average Bonchev–Trinajstić information content (AvgIpc) is 3.28. The predicted octanol–water partition coefficient (Wildman–Crippen LogP) is 2.07. The van der Waals surface area contributed by atoms with Gasteiger partial charge in [-0.3, -0.25) is 14.5 Å². The lowest BCUT2D eigenvalue weighted by atomic mass is 9.96. The van der Waals surface area contributed by atoms with Gasteiger partial charge >= 0.3 is 0 Å². The summed E-state index contributed by atoms with van der Waals surface area (Å²) in [5, 5.41) is 21.1. The van der Waals surface area contributed by atoms with Crippen molar-refractivity contribution in [3.05, 3.63) is 66.5 Å². The fraction of sp³-hybridized carbons (Fsp3) is 0.364. The van der Waals surface area contributed by atoms with Crippen LogP contribution in [-0.4, -0.2) is 55.8 Å². The number of nitrogens with zero attached hydrogens (tertiary/aromatic N) is 4. The summed E-state index contributed by atoms with van der Waals surface area (Å²) in [7, 11) is 0. The molecule has 156 valence electrons. The lowest BCUT2D eigenvalue weighted by Gasteiger charge is -2.36. The highest BCUT2D eigenvalue weighted by Crippen LogP contribution is 2.23. The molecule has 0 unspecified atom stereocenters. The molecule has 3 aromatic rings. The fourth-order valence-corrected chi connectivity index (χ4v) is 3.67. The Morgan fingerprint density at radius 3 is 2.73 bits per heavy atom. The molecule has 0 saturated carbocycles. The van der Waals surface area contributed by atoms with Crippen molar-refractivity contribution in [2.45, 2.75) is 44.1 Å². The predicted molar refractivity (Wildman–Crippen MR) is 111 cm³/mol. The fourth-order valence-electron chi connectivity index (χ4n) is 3.67. The number of aliphatic hydroxyl groups is 1. The van der Waals surface area contributed by atoms with E-state index in [4.69, 9.17) is 4.74 Å². The Morgan fingerprint density at radius 2 is 1.97 bits per heavy atom. The minimum absolute atomic E-state index is 0.00507. The monoisotopic (exact) mass is 407 g/mol. The van der Waals surface area contributed by atoms with E-state index in [2.05, 4.69) is 20.6 Å². The number of amides is 1. The van der Waals surface area contributed by atoms with Crippen molar-refractivity contribution >= 4 is 5.91 Å². The number of hydrogen-bond acceptors (Lipinski definition) is 6. The van der Waals surface area contributed by atoms with Gasteiger partial charge in [-0.25, -0.2) is 0 Å². The maximum atomic E-state index is 12.4. The average molecular weight is 407 g/mol. The third-order valence-electron chi connectivity index (χ3n) is 5.29. The largest absolute Gasteiger partial charge is 0.394 e. The SMILES string of the molecule is O=C(N[C@H]1CC[C@@H](CCn2cc(-c3ccccn3)nn2)O[C@@H]1CO)c1ccccc1. The van der Waals surface area contributed by atoms with Crippen molar-refractivity contribution in [2.24, 2.45) is 0 Å². The number of nitrogens with one attached hydrogen (secondary N) is 1. The molecular weight excluding hydrogens is 382 g/mol. The van der Waals surface area contributed by atoms with Crippen LogP contribution < -0.4 is 5.32 Å². The number of aryl methyl sites for hydroxylation is 1. The molecule has 8 heteroatoms. The van der Waals surface area contributed by atoms with Crippen LogP contribution in [0.2, 0.25) is 0 Å². The van der Waals surface area contributed by atoms with Gasteiger partial charge < -0.3 is 15.2 Å². The van der Waals surface area contributed by atoms with Gasteiger partial charge in [0.05, 0.1) is 30.6 Å². The van der Waals surface area contributed by atoms with Crippen LogP contribution in [-0.2, 0) is 11.3 Å². The molecule has 1 saturated heterocycles. The van der Waals surface area contributed by atoms with Gasteiger partial charge in [0, 0.05) is 18.3 Å². The van der Waals surface area contributed by atoms with E-state index >= 15 is 0 Å². The zero-order valence-electron chi connectivity index (χ0n) is 16.6. The van der Waals surface area contributed by atoms with Crippen molar-refractivity contribution in [2.75, 3.05) is 6.61 Å². The number of rotatable bonds is 7. The summed E-state index contributed by atoms with van der Waals surface area (Å²) in [6.07, 6.45) is 5.49. The van der Waals surface area contributed by atoms with Gasteiger partial charge in [-0.2, -0.15) is 0 Å². The van der Waals surface area contributed by atoms with Gasteiger partial charge in [0.15, 0.2) is 0 Å². The van der Waals surface area contributed by atoms with E-state index in [1.54, 1.807) is 23.0 Å². The first kappa shape index (κ1) is 20.2. The smallest absolute Gasteiger partial charge is 0.251 e. The number of pyridine rings is 1. The molecule has 1 aromatic carbocycles. The maximum absolute atomic E-state index is 12.4. The molecule has 1 aliphatic heterocycles. The van der Waals surface area contributed by atoms with Gasteiger partial charge in [-0.1, -0.05) is 29.5 Å². The summed E-state index contributed by atoms with van der Waals surface area (Å²) in [4.78, 5) is 16.7. The van der Waals surface area contributed by atoms with Crippen LogP contribution in [0.4, 0.5) is 0 Å². The van der Waals surface area contributed by atoms with Gasteiger partial charge in [-0.15, -0.1) is 5.10 Å². The van der Waals surface area contributed by atoms with Crippen LogP contribution in [0.25, 0.3) is 11.4 Å². The first-order valence-electron chi connectivity index (χ1n) is 10.2. The molecule has 1 amide bonds. The topological polar surface area (TPSA) is 102 Å². The van der Waals surface area contributed by atoms with Crippen LogP contribution in [0.15, 0.2) is 60.9 Å². The van der Waals surface area contributed by atoms with Gasteiger partial charge in [-0.05, 0) is 43.5 Å². The van der Waals surface area contributed by atoms with Crippen molar-refractivity contribution in [3.63, 3.8) is 0 Å². The number of carbonyl (C=O) groups excluding carboxylic acids is 1. The summed E-state index contributed by atoms with van der Waals surface area (Å²) >= 11 is 0. The Labute approximate surface area is 174 Å². The van der Waals surface area contributed by atoms with E-state index in [9.17, 15) is 9.90 Å². The molecular formula is C22H25N5O3. The lowest BCUT2D eigenvalue weighted by molar-refractivity contribution is -0.0912. The van der Waals surface area contributed by atoms with E-state index in [-0.39, 0.29) is 24.7 Å². The highest BCUT2D eigenvalue weighted by molar-refractivity contribution is 5.94. The van der Waals surface area contributed by atoms with Crippen molar-refractivity contribution in [1.29, 1.82) is 0 Å². The van der Waals surface area contributed by atoms with Gasteiger partial charge in [0.2, 0.25) is 0 Å². The first-order chi connectivity index (χ1) is 14.7. The number of aliphatic hydroxyl groups excluding tert-OH is 1. The molecule has 4 rings (SSSR count). The number of benzene rings is 1. The Kier molecular flexibility index (Phi) is 6.46. The molecule has 0 spiro atoms. The Bertz CT molecular complexity index is 948. The number of hydrogen-bond donors (Lipinski definition) is 2. The van der Waals surface area contributed by atoms with Crippen LogP contribution in [0.1, 0.15) is 29.6 Å². The van der Waals surface area contributed by atoms with E-state index < -0.39 is 6.10 Å². The van der Waals surface area contributed by atoms with E-state index in [1.807, 2.05) is 42.6 Å². The first-order valence-corrected chi connectivity index (χ1v) is 10.2. The zero-order valence-corrected chi connectivity index (χ0v) is 16.6. The second-order valence-corrected chi connectivity index (χ2v) is 7.37. The summed E-state index contributed by atoms with van der Waals surface area (Å²) in [5.74, 6) is -0.147. The normalized spacial score (nSPS) is 21.3. The molecule has 0 radical (unpaired) electrons. The van der Waals surface area contributed by atoms with Gasteiger partial charge in [0.1, 0.15) is 11.8 Å². The molecule has 3 heterocycles. The highest BCUT2D eigenvalue weighted by atomic mass is 16.5. The van der Waals surface area contributed by atoms with Crippen molar-refractivity contribution in [3.8, 4) is 11.4 Å².